The van der Waals surface area contributed by atoms with Crippen molar-refractivity contribution >= 4 is 22.4 Å². The quantitative estimate of drug-likeness (QED) is 0.900. The summed E-state index contributed by atoms with van der Waals surface area (Å²) in [5.41, 5.74) is 1.09. The predicted molar refractivity (Wildman–Crippen MR) is 81.3 cm³/mol. The van der Waals surface area contributed by atoms with Crippen molar-refractivity contribution in [3.8, 4) is 6.07 Å². The molecule has 0 aliphatic carbocycles. The van der Waals surface area contributed by atoms with Crippen molar-refractivity contribution in [3.63, 3.8) is 0 Å². The molecule has 1 aliphatic heterocycles. The molecule has 1 heterocycles. The summed E-state index contributed by atoms with van der Waals surface area (Å²) in [6.07, 6.45) is 1.83. The number of anilines is 1. The lowest BCUT2D eigenvalue weighted by Gasteiger charge is -2.21. The number of ether oxygens (including phenoxy) is 1. The molecule has 1 N–H and O–H groups in total. The minimum atomic E-state index is -0.984. The Bertz CT molecular complexity index is 562. The zero-order valence-electron chi connectivity index (χ0n) is 11.7. The van der Waals surface area contributed by atoms with Gasteiger partial charge in [-0.25, -0.2) is 0 Å². The van der Waals surface area contributed by atoms with Gasteiger partial charge in [0.1, 0.15) is 0 Å². The highest BCUT2D eigenvalue weighted by Crippen LogP contribution is 2.15. The highest BCUT2D eigenvalue weighted by molar-refractivity contribution is 7.85. The second-order valence-electron chi connectivity index (χ2n) is 4.89. The summed E-state index contributed by atoms with van der Waals surface area (Å²) < 4.78 is 17.3. The number of rotatable bonds is 5. The number of hydrogen-bond acceptors (Lipinski definition) is 4. The Kier molecular flexibility index (Phi) is 5.90. The Hall–Kier alpha value is -1.71. The lowest BCUT2D eigenvalue weighted by molar-refractivity contribution is -0.115. The average molecular weight is 306 g/mol. The molecule has 2 rings (SSSR count). The summed E-state index contributed by atoms with van der Waals surface area (Å²) >= 11 is 0. The van der Waals surface area contributed by atoms with Crippen LogP contribution in [0.1, 0.15) is 24.8 Å². The summed E-state index contributed by atoms with van der Waals surface area (Å²) in [7, 11) is -0.984. The first-order chi connectivity index (χ1) is 10.2. The zero-order valence-corrected chi connectivity index (χ0v) is 12.5. The fourth-order valence-corrected chi connectivity index (χ4v) is 3.63. The van der Waals surface area contributed by atoms with Crippen molar-refractivity contribution < 1.29 is 13.7 Å². The maximum Gasteiger partial charge on any atom is 0.225 e. The monoisotopic (exact) mass is 306 g/mol. The maximum absolute atomic E-state index is 12.1. The molecule has 0 spiro atoms. The van der Waals surface area contributed by atoms with Crippen LogP contribution in [-0.4, -0.2) is 34.3 Å². The molecule has 1 aromatic carbocycles. The largest absolute Gasteiger partial charge is 0.381 e. The number of hydrogen-bond donors (Lipinski definition) is 1. The molecule has 0 aromatic heterocycles. The Morgan fingerprint density at radius 3 is 2.90 bits per heavy atom. The van der Waals surface area contributed by atoms with Gasteiger partial charge in [-0.3, -0.25) is 9.00 Å². The molecule has 0 saturated carbocycles. The van der Waals surface area contributed by atoms with Gasteiger partial charge < -0.3 is 10.1 Å². The number of carbonyl (C=O) groups excluding carboxylic acids is 1. The summed E-state index contributed by atoms with van der Waals surface area (Å²) in [5, 5.41) is 11.7. The van der Waals surface area contributed by atoms with Crippen LogP contribution in [0.2, 0.25) is 0 Å². The zero-order chi connectivity index (χ0) is 15.1. The van der Waals surface area contributed by atoms with Gasteiger partial charge in [-0.2, -0.15) is 5.26 Å². The normalized spacial score (nSPS) is 16.9. The SMILES string of the molecule is N#Cc1cccc(NC(=O)CCS(=O)C2CCOCC2)c1. The van der Waals surface area contributed by atoms with Gasteiger partial charge in [0.2, 0.25) is 5.91 Å². The molecule has 0 radical (unpaired) electrons. The Morgan fingerprint density at radius 1 is 1.43 bits per heavy atom. The van der Waals surface area contributed by atoms with Crippen LogP contribution in [-0.2, 0) is 20.3 Å². The number of benzene rings is 1. The van der Waals surface area contributed by atoms with Crippen LogP contribution >= 0.6 is 0 Å². The lowest BCUT2D eigenvalue weighted by atomic mass is 10.2. The second kappa shape index (κ2) is 7.91. The van der Waals surface area contributed by atoms with Gasteiger partial charge in [-0.05, 0) is 31.0 Å². The number of carbonyl (C=O) groups is 1. The smallest absolute Gasteiger partial charge is 0.225 e. The molecule has 6 heteroatoms. The van der Waals surface area contributed by atoms with Gasteiger partial charge in [0.15, 0.2) is 0 Å². The molecule has 1 aliphatic rings. The predicted octanol–water partition coefficient (Wildman–Crippen LogP) is 1.81. The Balaban J connectivity index is 1.79. The minimum Gasteiger partial charge on any atom is -0.381 e. The maximum atomic E-state index is 12.1. The molecular weight excluding hydrogens is 288 g/mol. The molecule has 112 valence electrons. The van der Waals surface area contributed by atoms with Gasteiger partial charge in [0, 0.05) is 47.1 Å². The van der Waals surface area contributed by atoms with Crippen LogP contribution < -0.4 is 5.32 Å². The van der Waals surface area contributed by atoms with E-state index >= 15 is 0 Å². The van der Waals surface area contributed by atoms with E-state index < -0.39 is 10.8 Å². The Labute approximate surface area is 126 Å². The first kappa shape index (κ1) is 15.7. The van der Waals surface area contributed by atoms with E-state index in [1.54, 1.807) is 24.3 Å². The van der Waals surface area contributed by atoms with E-state index in [1.165, 1.54) is 0 Å². The van der Waals surface area contributed by atoms with Crippen LogP contribution in [0.4, 0.5) is 5.69 Å². The third-order valence-electron chi connectivity index (χ3n) is 3.35. The molecule has 1 aromatic rings. The number of amides is 1. The van der Waals surface area contributed by atoms with Gasteiger partial charge in [0.05, 0.1) is 11.6 Å². The third kappa shape index (κ3) is 4.96. The van der Waals surface area contributed by atoms with Crippen molar-refractivity contribution in [1.29, 1.82) is 5.26 Å². The summed E-state index contributed by atoms with van der Waals surface area (Å²) in [4.78, 5) is 11.8. The highest BCUT2D eigenvalue weighted by Gasteiger charge is 2.20. The average Bonchev–Trinajstić information content (AvgIpc) is 2.53. The number of nitrogens with zero attached hydrogens (tertiary/aromatic N) is 1. The standard InChI is InChI=1S/C15H18N2O3S/c16-11-12-2-1-3-13(10-12)17-15(18)6-9-21(19)14-4-7-20-8-5-14/h1-3,10,14H,4-9H2,(H,17,18). The van der Waals surface area contributed by atoms with E-state index in [0.29, 0.717) is 30.2 Å². The topological polar surface area (TPSA) is 79.2 Å². The van der Waals surface area contributed by atoms with E-state index in [2.05, 4.69) is 5.32 Å². The first-order valence-electron chi connectivity index (χ1n) is 6.94. The van der Waals surface area contributed by atoms with E-state index in [0.717, 1.165) is 12.8 Å². The van der Waals surface area contributed by atoms with Crippen LogP contribution in [0.15, 0.2) is 24.3 Å². The van der Waals surface area contributed by atoms with Gasteiger partial charge >= 0.3 is 0 Å². The molecule has 0 bridgehead atoms. The number of nitriles is 1. The van der Waals surface area contributed by atoms with Crippen molar-refractivity contribution in [2.45, 2.75) is 24.5 Å². The summed E-state index contributed by atoms with van der Waals surface area (Å²) in [6.45, 7) is 1.31. The van der Waals surface area contributed by atoms with E-state index in [1.807, 2.05) is 6.07 Å². The highest BCUT2D eigenvalue weighted by atomic mass is 32.2. The van der Waals surface area contributed by atoms with Gasteiger partial charge in [-0.1, -0.05) is 6.07 Å². The fraction of sp³-hybridized carbons (Fsp3) is 0.467. The summed E-state index contributed by atoms with van der Waals surface area (Å²) in [5.74, 6) is 0.194. The lowest BCUT2D eigenvalue weighted by Crippen LogP contribution is -2.27. The van der Waals surface area contributed by atoms with Crippen molar-refractivity contribution in [3.05, 3.63) is 29.8 Å². The fourth-order valence-electron chi connectivity index (χ4n) is 2.19. The third-order valence-corrected chi connectivity index (χ3v) is 5.17. The molecule has 1 amide bonds. The first-order valence-corrected chi connectivity index (χ1v) is 8.32. The summed E-state index contributed by atoms with van der Waals surface area (Å²) in [6, 6.07) is 8.76. The van der Waals surface area contributed by atoms with Crippen molar-refractivity contribution in [2.24, 2.45) is 0 Å². The van der Waals surface area contributed by atoms with Crippen molar-refractivity contribution in [2.75, 3.05) is 24.3 Å². The van der Waals surface area contributed by atoms with Gasteiger partial charge in [-0.15, -0.1) is 0 Å². The molecule has 1 fully saturated rings. The number of nitrogens with one attached hydrogen (secondary N) is 1. The molecular formula is C15H18N2O3S. The molecule has 1 unspecified atom stereocenters. The van der Waals surface area contributed by atoms with Gasteiger partial charge in [0.25, 0.3) is 0 Å². The molecule has 1 atom stereocenters. The van der Waals surface area contributed by atoms with Crippen LogP contribution in [0.25, 0.3) is 0 Å². The van der Waals surface area contributed by atoms with E-state index in [-0.39, 0.29) is 17.6 Å². The molecule has 1 saturated heterocycles. The van der Waals surface area contributed by atoms with E-state index in [4.69, 9.17) is 10.00 Å². The second-order valence-corrected chi connectivity index (χ2v) is 6.72. The van der Waals surface area contributed by atoms with Crippen LogP contribution in [0, 0.1) is 11.3 Å². The Morgan fingerprint density at radius 2 is 2.19 bits per heavy atom. The van der Waals surface area contributed by atoms with Crippen LogP contribution in [0.3, 0.4) is 0 Å². The minimum absolute atomic E-state index is 0.147. The van der Waals surface area contributed by atoms with E-state index in [9.17, 15) is 9.00 Å². The molecule has 5 nitrogen and oxygen atoms in total. The van der Waals surface area contributed by atoms with Crippen LogP contribution in [0.5, 0.6) is 0 Å². The molecule has 21 heavy (non-hydrogen) atoms. The van der Waals surface area contributed by atoms with Crippen molar-refractivity contribution in [1.82, 2.24) is 0 Å².